The predicted molar refractivity (Wildman–Crippen MR) is 112 cm³/mol. The van der Waals surface area contributed by atoms with Crippen molar-refractivity contribution in [3.8, 4) is 11.1 Å². The van der Waals surface area contributed by atoms with Crippen LogP contribution in [0.1, 0.15) is 30.0 Å². The number of aromatic nitrogens is 1. The lowest BCUT2D eigenvalue weighted by atomic mass is 9.91. The summed E-state index contributed by atoms with van der Waals surface area (Å²) in [6.45, 7) is 4.10. The van der Waals surface area contributed by atoms with Crippen molar-refractivity contribution in [1.29, 1.82) is 0 Å². The molecule has 0 saturated carbocycles. The average Bonchev–Trinajstić information content (AvgIpc) is 3.19. The van der Waals surface area contributed by atoms with Crippen LogP contribution < -0.4 is 5.32 Å². The smallest absolute Gasteiger partial charge is 0.322 e. The van der Waals surface area contributed by atoms with E-state index in [1.807, 2.05) is 12.1 Å². The van der Waals surface area contributed by atoms with Crippen LogP contribution in [0.25, 0.3) is 28.1 Å². The number of H-pyrrole nitrogens is 1. The van der Waals surface area contributed by atoms with Gasteiger partial charge in [0.15, 0.2) is 0 Å². The number of amides is 1. The number of hydrogen-bond donors (Lipinski definition) is 3. The Kier molecular flexibility index (Phi) is 6.01. The van der Waals surface area contributed by atoms with Gasteiger partial charge in [-0.25, -0.2) is 8.78 Å². The summed E-state index contributed by atoms with van der Waals surface area (Å²) in [7, 11) is 0. The first-order chi connectivity index (χ1) is 14.2. The van der Waals surface area contributed by atoms with Gasteiger partial charge < -0.3 is 15.4 Å². The van der Waals surface area contributed by atoms with E-state index in [-0.39, 0.29) is 34.2 Å². The van der Waals surface area contributed by atoms with Gasteiger partial charge in [0.2, 0.25) is 5.91 Å². The second-order valence-electron chi connectivity index (χ2n) is 7.05. The van der Waals surface area contributed by atoms with E-state index in [2.05, 4.69) is 10.3 Å². The lowest BCUT2D eigenvalue weighted by Gasteiger charge is -2.16. The third-order valence-corrected chi connectivity index (χ3v) is 5.13. The van der Waals surface area contributed by atoms with E-state index < -0.39 is 30.1 Å². The van der Waals surface area contributed by atoms with E-state index in [1.54, 1.807) is 25.3 Å². The lowest BCUT2D eigenvalue weighted by Crippen LogP contribution is -2.30. The molecule has 3 rings (SSSR count). The highest BCUT2D eigenvalue weighted by molar-refractivity contribution is 5.99. The largest absolute Gasteiger partial charge is 0.480 e. The summed E-state index contributed by atoms with van der Waals surface area (Å²) in [5.74, 6) is -2.99. The Hall–Kier alpha value is -3.48. The van der Waals surface area contributed by atoms with Gasteiger partial charge in [-0.05, 0) is 66.6 Å². The number of aliphatic carboxylic acids is 1. The van der Waals surface area contributed by atoms with Gasteiger partial charge in [-0.1, -0.05) is 13.0 Å². The van der Waals surface area contributed by atoms with Crippen LogP contribution >= 0.6 is 0 Å². The van der Waals surface area contributed by atoms with Gasteiger partial charge in [0, 0.05) is 28.4 Å². The summed E-state index contributed by atoms with van der Waals surface area (Å²) in [5.41, 5.74) is 2.01. The van der Waals surface area contributed by atoms with Crippen molar-refractivity contribution in [2.75, 3.05) is 6.54 Å². The van der Waals surface area contributed by atoms with Gasteiger partial charge in [0.1, 0.15) is 18.2 Å². The molecule has 0 radical (unpaired) electrons. The minimum atomic E-state index is -1.19. The molecule has 2 aromatic carbocycles. The van der Waals surface area contributed by atoms with Crippen molar-refractivity contribution < 1.29 is 23.5 Å². The monoisotopic (exact) mass is 412 g/mol. The van der Waals surface area contributed by atoms with Gasteiger partial charge in [0.25, 0.3) is 0 Å². The molecule has 1 aromatic heterocycles. The molecular weight excluding hydrogens is 390 g/mol. The van der Waals surface area contributed by atoms with Gasteiger partial charge in [0.05, 0.1) is 0 Å². The van der Waals surface area contributed by atoms with Crippen LogP contribution in [-0.4, -0.2) is 28.5 Å². The first-order valence-electron chi connectivity index (χ1n) is 9.50. The van der Waals surface area contributed by atoms with Crippen molar-refractivity contribution >= 4 is 28.9 Å². The second kappa shape index (κ2) is 8.49. The van der Waals surface area contributed by atoms with Crippen LogP contribution in [0, 0.1) is 25.5 Å². The summed E-state index contributed by atoms with van der Waals surface area (Å²) in [6.07, 6.45) is 3.30. The Balaban J connectivity index is 2.10. The molecule has 0 unspecified atom stereocenters. The SMILES string of the molecule is CC/C(=C\c1c(C)c(F)c(-c2ccc3[nH]ccc3c2)c(C)c1F)C(=O)NCC(=O)O. The van der Waals surface area contributed by atoms with Gasteiger partial charge in [-0.15, -0.1) is 0 Å². The Morgan fingerprint density at radius 3 is 2.53 bits per heavy atom. The summed E-state index contributed by atoms with van der Waals surface area (Å²) in [6, 6.07) is 7.19. The molecular formula is C23H22F2N2O3. The lowest BCUT2D eigenvalue weighted by molar-refractivity contribution is -0.137. The Morgan fingerprint density at radius 2 is 1.87 bits per heavy atom. The zero-order chi connectivity index (χ0) is 22.0. The summed E-state index contributed by atoms with van der Waals surface area (Å²) >= 11 is 0. The van der Waals surface area contributed by atoms with Crippen molar-refractivity contribution in [2.45, 2.75) is 27.2 Å². The maximum Gasteiger partial charge on any atom is 0.322 e. The predicted octanol–water partition coefficient (Wildman–Crippen LogP) is 4.72. The molecule has 0 fully saturated rings. The van der Waals surface area contributed by atoms with E-state index in [0.29, 0.717) is 5.56 Å². The van der Waals surface area contributed by atoms with E-state index in [4.69, 9.17) is 5.11 Å². The molecule has 0 aliphatic carbocycles. The number of halogens is 2. The van der Waals surface area contributed by atoms with Crippen LogP contribution in [0.3, 0.4) is 0 Å². The molecule has 3 N–H and O–H groups in total. The number of carbonyl (C=O) groups is 2. The van der Waals surface area contributed by atoms with Gasteiger partial charge in [-0.3, -0.25) is 9.59 Å². The number of carbonyl (C=O) groups excluding carboxylic acids is 1. The molecule has 0 bridgehead atoms. The summed E-state index contributed by atoms with van der Waals surface area (Å²) in [4.78, 5) is 25.9. The molecule has 0 aliphatic heterocycles. The Labute approximate surface area is 172 Å². The maximum atomic E-state index is 15.3. The Bertz CT molecular complexity index is 1150. The number of aromatic amines is 1. The van der Waals surface area contributed by atoms with Crippen LogP contribution in [0.4, 0.5) is 8.78 Å². The van der Waals surface area contributed by atoms with Gasteiger partial charge >= 0.3 is 5.97 Å². The van der Waals surface area contributed by atoms with Crippen molar-refractivity contribution in [2.24, 2.45) is 0 Å². The molecule has 30 heavy (non-hydrogen) atoms. The number of rotatable bonds is 6. The number of fused-ring (bicyclic) bond motifs is 1. The Morgan fingerprint density at radius 1 is 1.13 bits per heavy atom. The second-order valence-corrected chi connectivity index (χ2v) is 7.05. The quantitative estimate of drug-likeness (QED) is 0.512. The molecule has 0 saturated heterocycles. The fourth-order valence-electron chi connectivity index (χ4n) is 3.44. The molecule has 0 atom stereocenters. The van der Waals surface area contributed by atoms with Crippen molar-refractivity contribution in [3.05, 3.63) is 64.4 Å². The van der Waals surface area contributed by atoms with E-state index >= 15 is 8.78 Å². The highest BCUT2D eigenvalue weighted by Crippen LogP contribution is 2.35. The minimum absolute atomic E-state index is 0.0150. The zero-order valence-electron chi connectivity index (χ0n) is 16.9. The maximum absolute atomic E-state index is 15.3. The van der Waals surface area contributed by atoms with Crippen LogP contribution in [0.15, 0.2) is 36.0 Å². The van der Waals surface area contributed by atoms with Crippen LogP contribution in [0.2, 0.25) is 0 Å². The fraction of sp³-hybridized carbons (Fsp3) is 0.217. The third-order valence-electron chi connectivity index (χ3n) is 5.13. The third kappa shape index (κ3) is 3.96. The fourth-order valence-corrected chi connectivity index (χ4v) is 3.44. The average molecular weight is 412 g/mol. The normalized spacial score (nSPS) is 11.7. The minimum Gasteiger partial charge on any atom is -0.480 e. The first-order valence-corrected chi connectivity index (χ1v) is 9.50. The van der Waals surface area contributed by atoms with Crippen molar-refractivity contribution in [1.82, 2.24) is 10.3 Å². The number of nitrogens with one attached hydrogen (secondary N) is 2. The molecule has 1 amide bonds. The molecule has 5 nitrogen and oxygen atoms in total. The van der Waals surface area contributed by atoms with E-state index in [1.165, 1.54) is 19.9 Å². The van der Waals surface area contributed by atoms with Crippen LogP contribution in [-0.2, 0) is 9.59 Å². The molecule has 1 heterocycles. The van der Waals surface area contributed by atoms with Crippen LogP contribution in [0.5, 0.6) is 0 Å². The van der Waals surface area contributed by atoms with Crippen molar-refractivity contribution in [3.63, 3.8) is 0 Å². The summed E-state index contributed by atoms with van der Waals surface area (Å²) < 4.78 is 30.6. The highest BCUT2D eigenvalue weighted by Gasteiger charge is 2.21. The number of carboxylic acid groups (broad SMARTS) is 1. The topological polar surface area (TPSA) is 82.2 Å². The summed E-state index contributed by atoms with van der Waals surface area (Å²) in [5, 5.41) is 11.8. The molecule has 3 aromatic rings. The number of benzene rings is 2. The number of hydrogen-bond acceptors (Lipinski definition) is 2. The first kappa shape index (κ1) is 21.2. The standard InChI is InChI=1S/C23H22F2N2O3/c1-4-14(23(30)27-11-19(28)29)10-17-12(2)22(25)20(13(3)21(17)24)16-5-6-18-15(9-16)7-8-26-18/h5-10,26H,4,11H2,1-3H3,(H,27,30)(H,28,29)/b14-10+. The van der Waals surface area contributed by atoms with E-state index in [9.17, 15) is 9.59 Å². The molecule has 0 aliphatic rings. The van der Waals surface area contributed by atoms with Gasteiger partial charge in [-0.2, -0.15) is 0 Å². The molecule has 7 heteroatoms. The number of carboxylic acids is 1. The zero-order valence-corrected chi connectivity index (χ0v) is 16.9. The molecule has 0 spiro atoms. The highest BCUT2D eigenvalue weighted by atomic mass is 19.1. The van der Waals surface area contributed by atoms with E-state index in [0.717, 1.165) is 10.9 Å². The molecule has 156 valence electrons.